The molecule has 25 heavy (non-hydrogen) atoms. The van der Waals surface area contributed by atoms with Gasteiger partial charge in [0, 0.05) is 17.1 Å². The predicted molar refractivity (Wildman–Crippen MR) is 98.5 cm³/mol. The highest BCUT2D eigenvalue weighted by Crippen LogP contribution is 2.29. The summed E-state index contributed by atoms with van der Waals surface area (Å²) in [5.41, 5.74) is 2.23. The van der Waals surface area contributed by atoms with Gasteiger partial charge in [0.05, 0.1) is 18.2 Å². The van der Waals surface area contributed by atoms with Crippen molar-refractivity contribution in [2.45, 2.75) is 20.3 Å². The van der Waals surface area contributed by atoms with Crippen molar-refractivity contribution in [2.24, 2.45) is 10.9 Å². The molecule has 5 nitrogen and oxygen atoms in total. The van der Waals surface area contributed by atoms with Crippen LogP contribution in [0.2, 0.25) is 0 Å². The Kier molecular flexibility index (Phi) is 5.28. The van der Waals surface area contributed by atoms with Gasteiger partial charge in [-0.05, 0) is 37.3 Å². The van der Waals surface area contributed by atoms with E-state index in [1.54, 1.807) is 18.3 Å². The number of nitrogens with zero attached hydrogens (tertiary/aromatic N) is 1. The van der Waals surface area contributed by atoms with Crippen molar-refractivity contribution < 1.29 is 14.3 Å². The number of carbonyl (C=O) groups is 2. The van der Waals surface area contributed by atoms with E-state index < -0.39 is 11.9 Å². The zero-order chi connectivity index (χ0) is 17.8. The van der Waals surface area contributed by atoms with Gasteiger partial charge in [-0.25, -0.2) is 9.79 Å². The maximum absolute atomic E-state index is 12.5. The number of rotatable bonds is 6. The van der Waals surface area contributed by atoms with E-state index in [9.17, 15) is 9.59 Å². The largest absolute Gasteiger partial charge is 0.462 e. The summed E-state index contributed by atoms with van der Waals surface area (Å²) in [5, 5.41) is 5.34. The van der Waals surface area contributed by atoms with Crippen molar-refractivity contribution >= 4 is 28.9 Å². The molecule has 1 atom stereocenters. The quantitative estimate of drug-likeness (QED) is 0.629. The van der Waals surface area contributed by atoms with Crippen molar-refractivity contribution in [3.05, 3.63) is 57.5 Å². The Morgan fingerprint density at radius 1 is 1.44 bits per heavy atom. The van der Waals surface area contributed by atoms with Crippen LogP contribution in [0.25, 0.3) is 0 Å². The van der Waals surface area contributed by atoms with Crippen molar-refractivity contribution in [3.8, 4) is 0 Å². The number of amides is 1. The van der Waals surface area contributed by atoms with Gasteiger partial charge in [-0.2, -0.15) is 0 Å². The molecule has 1 aliphatic heterocycles. The molecule has 1 unspecified atom stereocenters. The number of hydrogen-bond acceptors (Lipinski definition) is 5. The van der Waals surface area contributed by atoms with E-state index in [4.69, 9.17) is 4.74 Å². The number of thiophene rings is 1. The SMILES string of the molecule is CCOC(=O)C1=C(NCCc2cccs2)C2C=CC=C(C)C2=NC1=O. The molecular formula is C19H20N2O3S. The van der Waals surface area contributed by atoms with Crippen LogP contribution in [0.4, 0.5) is 0 Å². The van der Waals surface area contributed by atoms with Crippen LogP contribution >= 0.6 is 11.3 Å². The maximum Gasteiger partial charge on any atom is 0.345 e. The fraction of sp³-hybridized carbons (Fsp3) is 0.316. The molecule has 0 bridgehead atoms. The molecule has 0 saturated carbocycles. The molecule has 1 aromatic rings. The van der Waals surface area contributed by atoms with E-state index in [1.165, 1.54) is 4.88 Å². The first-order valence-corrected chi connectivity index (χ1v) is 9.15. The summed E-state index contributed by atoms with van der Waals surface area (Å²) >= 11 is 1.69. The molecule has 1 N–H and O–H groups in total. The maximum atomic E-state index is 12.5. The molecule has 0 spiro atoms. The fourth-order valence-electron chi connectivity index (χ4n) is 2.93. The van der Waals surface area contributed by atoms with E-state index in [1.807, 2.05) is 36.6 Å². The zero-order valence-electron chi connectivity index (χ0n) is 14.2. The van der Waals surface area contributed by atoms with Crippen LogP contribution in [-0.2, 0) is 20.7 Å². The van der Waals surface area contributed by atoms with Crippen LogP contribution in [0.5, 0.6) is 0 Å². The monoisotopic (exact) mass is 356 g/mol. The molecule has 2 aliphatic rings. The highest BCUT2D eigenvalue weighted by atomic mass is 32.1. The summed E-state index contributed by atoms with van der Waals surface area (Å²) in [4.78, 5) is 30.2. The van der Waals surface area contributed by atoms with Gasteiger partial charge < -0.3 is 10.1 Å². The average Bonchev–Trinajstić information content (AvgIpc) is 3.09. The third kappa shape index (κ3) is 3.64. The van der Waals surface area contributed by atoms with Crippen LogP contribution in [-0.4, -0.2) is 30.7 Å². The minimum absolute atomic E-state index is 0.0149. The van der Waals surface area contributed by atoms with Gasteiger partial charge in [0.25, 0.3) is 5.91 Å². The molecule has 130 valence electrons. The summed E-state index contributed by atoms with van der Waals surface area (Å²) in [6.45, 7) is 4.49. The second-order valence-electron chi connectivity index (χ2n) is 5.78. The highest BCUT2D eigenvalue weighted by molar-refractivity contribution is 7.09. The lowest BCUT2D eigenvalue weighted by Crippen LogP contribution is -2.37. The Bertz CT molecular complexity index is 801. The van der Waals surface area contributed by atoms with E-state index in [0.717, 1.165) is 12.0 Å². The summed E-state index contributed by atoms with van der Waals surface area (Å²) in [7, 11) is 0. The van der Waals surface area contributed by atoms with E-state index in [0.29, 0.717) is 18.0 Å². The van der Waals surface area contributed by atoms with E-state index >= 15 is 0 Å². The van der Waals surface area contributed by atoms with Crippen molar-refractivity contribution in [2.75, 3.05) is 13.2 Å². The van der Waals surface area contributed by atoms with Crippen LogP contribution in [0, 0.1) is 5.92 Å². The Morgan fingerprint density at radius 3 is 3.00 bits per heavy atom. The zero-order valence-corrected chi connectivity index (χ0v) is 15.1. The average molecular weight is 356 g/mol. The Labute approximate surface area is 150 Å². The topological polar surface area (TPSA) is 67.8 Å². The smallest absolute Gasteiger partial charge is 0.345 e. The third-order valence-corrected chi connectivity index (χ3v) is 5.05. The molecule has 0 saturated heterocycles. The minimum Gasteiger partial charge on any atom is -0.462 e. The molecule has 2 heterocycles. The number of dihydropyridines is 1. The van der Waals surface area contributed by atoms with Gasteiger partial charge in [-0.15, -0.1) is 11.3 Å². The van der Waals surface area contributed by atoms with Crippen molar-refractivity contribution in [3.63, 3.8) is 0 Å². The summed E-state index contributed by atoms with van der Waals surface area (Å²) < 4.78 is 5.08. The standard InChI is InChI=1S/C19H20N2O3S/c1-3-24-19(23)15-17(20-10-9-13-7-5-11-25-13)14-8-4-6-12(2)16(14)21-18(15)22/h4-8,11,14,20H,3,9-10H2,1-2H3. The van der Waals surface area contributed by atoms with Gasteiger partial charge in [0.1, 0.15) is 5.57 Å². The number of esters is 1. The van der Waals surface area contributed by atoms with Gasteiger partial charge in [0.15, 0.2) is 0 Å². The Morgan fingerprint density at radius 2 is 2.28 bits per heavy atom. The summed E-state index contributed by atoms with van der Waals surface area (Å²) in [6, 6.07) is 4.08. The van der Waals surface area contributed by atoms with Crippen molar-refractivity contribution in [1.82, 2.24) is 5.32 Å². The van der Waals surface area contributed by atoms with Gasteiger partial charge >= 0.3 is 5.97 Å². The fourth-order valence-corrected chi connectivity index (χ4v) is 3.64. The van der Waals surface area contributed by atoms with Gasteiger partial charge in [-0.3, -0.25) is 4.79 Å². The number of hydrogen-bond donors (Lipinski definition) is 1. The van der Waals surface area contributed by atoms with E-state index in [-0.39, 0.29) is 18.1 Å². The number of allylic oxidation sites excluding steroid dienone is 4. The van der Waals surface area contributed by atoms with Gasteiger partial charge in [0.2, 0.25) is 0 Å². The molecule has 6 heteroatoms. The molecular weight excluding hydrogens is 336 g/mol. The first kappa shape index (κ1) is 17.4. The molecule has 0 aromatic carbocycles. The number of nitrogens with one attached hydrogen (secondary N) is 1. The highest BCUT2D eigenvalue weighted by Gasteiger charge is 2.36. The number of ether oxygens (including phenoxy) is 1. The summed E-state index contributed by atoms with van der Waals surface area (Å²) in [5.74, 6) is -1.37. The molecule has 1 aromatic heterocycles. The van der Waals surface area contributed by atoms with Gasteiger partial charge in [-0.1, -0.05) is 24.3 Å². The first-order valence-electron chi connectivity index (χ1n) is 8.27. The lowest BCUT2D eigenvalue weighted by atomic mass is 9.85. The molecule has 3 rings (SSSR count). The number of carbonyl (C=O) groups excluding carboxylic acids is 2. The van der Waals surface area contributed by atoms with Crippen LogP contribution in [0.3, 0.4) is 0 Å². The lowest BCUT2D eigenvalue weighted by Gasteiger charge is -2.28. The van der Waals surface area contributed by atoms with E-state index in [2.05, 4.69) is 16.4 Å². The van der Waals surface area contributed by atoms with Crippen LogP contribution < -0.4 is 5.32 Å². The Hall–Kier alpha value is -2.47. The minimum atomic E-state index is -0.616. The number of fused-ring (bicyclic) bond motifs is 1. The first-order chi connectivity index (χ1) is 12.1. The molecule has 1 amide bonds. The second-order valence-corrected chi connectivity index (χ2v) is 6.81. The summed E-state index contributed by atoms with van der Waals surface area (Å²) in [6.07, 6.45) is 6.62. The van der Waals surface area contributed by atoms with Crippen LogP contribution in [0.1, 0.15) is 18.7 Å². The second kappa shape index (κ2) is 7.61. The molecule has 0 fully saturated rings. The molecule has 0 radical (unpaired) electrons. The Balaban J connectivity index is 1.88. The van der Waals surface area contributed by atoms with Crippen LogP contribution in [0.15, 0.2) is 57.6 Å². The predicted octanol–water partition coefficient (Wildman–Crippen LogP) is 2.81. The third-order valence-electron chi connectivity index (χ3n) is 4.11. The normalized spacial score (nSPS) is 19.3. The molecule has 1 aliphatic carbocycles. The van der Waals surface area contributed by atoms with Crippen molar-refractivity contribution in [1.29, 1.82) is 0 Å². The lowest BCUT2D eigenvalue weighted by molar-refractivity contribution is -0.140. The number of aliphatic imine (C=N–C) groups is 1.